The van der Waals surface area contributed by atoms with Crippen molar-refractivity contribution in [2.75, 3.05) is 27.2 Å². The predicted octanol–water partition coefficient (Wildman–Crippen LogP) is 3.71. The first-order valence-electron chi connectivity index (χ1n) is 10.7. The van der Waals surface area contributed by atoms with Crippen LogP contribution in [-0.2, 0) is 11.3 Å². The molecule has 0 radical (unpaired) electrons. The van der Waals surface area contributed by atoms with E-state index in [-0.39, 0.29) is 30.7 Å². The fourth-order valence-electron chi connectivity index (χ4n) is 3.48. The minimum absolute atomic E-state index is 0.0280. The molecule has 0 fully saturated rings. The molecule has 0 aliphatic rings. The summed E-state index contributed by atoms with van der Waals surface area (Å²) in [4.78, 5) is 40.4. The lowest BCUT2D eigenvalue weighted by molar-refractivity contribution is -0.131. The number of nitrogens with zero attached hydrogens (tertiary/aromatic N) is 2. The topological polar surface area (TPSA) is 69.7 Å². The van der Waals surface area contributed by atoms with Gasteiger partial charge < -0.3 is 15.1 Å². The Bertz CT molecular complexity index is 1110. The van der Waals surface area contributed by atoms with Gasteiger partial charge in [-0.1, -0.05) is 42.5 Å². The first-order valence-corrected chi connectivity index (χ1v) is 10.7. The predicted molar refractivity (Wildman–Crippen MR) is 126 cm³/mol. The normalized spacial score (nSPS) is 10.6. The Morgan fingerprint density at radius 2 is 1.50 bits per heavy atom. The number of carbonyl (C=O) groups excluding carboxylic acids is 3. The molecular formula is C26H29N3O3. The highest BCUT2D eigenvalue weighted by molar-refractivity contribution is 5.98. The van der Waals surface area contributed by atoms with E-state index in [2.05, 4.69) is 5.32 Å². The Morgan fingerprint density at radius 1 is 0.844 bits per heavy atom. The minimum Gasteiger partial charge on any atom is -0.352 e. The molecule has 3 amide bonds. The molecule has 0 aromatic heterocycles. The zero-order chi connectivity index (χ0) is 23.1. The van der Waals surface area contributed by atoms with Crippen LogP contribution in [-0.4, -0.2) is 54.7 Å². The van der Waals surface area contributed by atoms with E-state index in [9.17, 15) is 14.4 Å². The van der Waals surface area contributed by atoms with E-state index in [1.54, 1.807) is 37.2 Å². The van der Waals surface area contributed by atoms with Crippen LogP contribution in [0, 0.1) is 0 Å². The van der Waals surface area contributed by atoms with Gasteiger partial charge in [0.05, 0.1) is 0 Å². The lowest BCUT2D eigenvalue weighted by Crippen LogP contribution is -2.34. The second-order valence-corrected chi connectivity index (χ2v) is 7.87. The van der Waals surface area contributed by atoms with E-state index in [1.165, 1.54) is 4.90 Å². The van der Waals surface area contributed by atoms with Crippen molar-refractivity contribution in [1.29, 1.82) is 0 Å². The Kier molecular flexibility index (Phi) is 7.60. The van der Waals surface area contributed by atoms with E-state index >= 15 is 0 Å². The van der Waals surface area contributed by atoms with Crippen molar-refractivity contribution in [3.63, 3.8) is 0 Å². The quantitative estimate of drug-likeness (QED) is 0.591. The zero-order valence-electron chi connectivity index (χ0n) is 18.8. The third-order valence-electron chi connectivity index (χ3n) is 5.35. The summed E-state index contributed by atoms with van der Waals surface area (Å²) in [5.41, 5.74) is 2.15. The Labute approximate surface area is 188 Å². The van der Waals surface area contributed by atoms with Crippen LogP contribution in [0.4, 0.5) is 0 Å². The van der Waals surface area contributed by atoms with Gasteiger partial charge in [0.2, 0.25) is 5.91 Å². The third-order valence-corrected chi connectivity index (χ3v) is 5.35. The summed E-state index contributed by atoms with van der Waals surface area (Å²) in [5.74, 6) is -0.269. The third kappa shape index (κ3) is 5.72. The summed E-state index contributed by atoms with van der Waals surface area (Å²) in [6.07, 6.45) is 0.227. The van der Waals surface area contributed by atoms with Gasteiger partial charge in [-0.15, -0.1) is 0 Å². The van der Waals surface area contributed by atoms with Gasteiger partial charge in [-0.25, -0.2) is 0 Å². The maximum absolute atomic E-state index is 12.6. The molecule has 32 heavy (non-hydrogen) atoms. The molecule has 166 valence electrons. The maximum Gasteiger partial charge on any atom is 0.253 e. The molecule has 3 aromatic rings. The first-order chi connectivity index (χ1) is 15.4. The zero-order valence-corrected chi connectivity index (χ0v) is 18.8. The van der Waals surface area contributed by atoms with Crippen molar-refractivity contribution in [3.8, 4) is 0 Å². The van der Waals surface area contributed by atoms with Gasteiger partial charge in [0.1, 0.15) is 0 Å². The van der Waals surface area contributed by atoms with Crippen molar-refractivity contribution >= 4 is 28.5 Å². The van der Waals surface area contributed by atoms with Gasteiger partial charge >= 0.3 is 0 Å². The maximum atomic E-state index is 12.6. The largest absolute Gasteiger partial charge is 0.352 e. The number of hydrogen-bond acceptors (Lipinski definition) is 3. The molecule has 0 aliphatic heterocycles. The number of hydrogen-bond donors (Lipinski definition) is 1. The molecule has 0 spiro atoms. The molecule has 0 bridgehead atoms. The molecule has 1 N–H and O–H groups in total. The molecule has 3 aromatic carbocycles. The molecule has 0 saturated carbocycles. The van der Waals surface area contributed by atoms with Crippen LogP contribution in [0.5, 0.6) is 0 Å². The van der Waals surface area contributed by atoms with E-state index < -0.39 is 0 Å². The lowest BCUT2D eigenvalue weighted by atomic mass is 10.1. The number of amides is 3. The average Bonchev–Trinajstić information content (AvgIpc) is 2.81. The summed E-state index contributed by atoms with van der Waals surface area (Å²) in [7, 11) is 3.43. The van der Waals surface area contributed by atoms with Crippen molar-refractivity contribution < 1.29 is 14.4 Å². The molecular weight excluding hydrogens is 402 g/mol. The first kappa shape index (κ1) is 23.0. The van der Waals surface area contributed by atoms with Crippen LogP contribution in [0.1, 0.15) is 39.6 Å². The van der Waals surface area contributed by atoms with Crippen LogP contribution < -0.4 is 5.32 Å². The number of benzene rings is 3. The fraction of sp³-hybridized carbons (Fsp3) is 0.269. The van der Waals surface area contributed by atoms with Crippen LogP contribution >= 0.6 is 0 Å². The van der Waals surface area contributed by atoms with Crippen molar-refractivity contribution in [3.05, 3.63) is 83.4 Å². The SMILES string of the molecule is CCN(Cc1ccc(C(=O)N(C)C)cc1)C(=O)CCNC(=O)c1ccc2ccccc2c1. The van der Waals surface area contributed by atoms with E-state index in [4.69, 9.17) is 0 Å². The van der Waals surface area contributed by atoms with Gasteiger partial charge in [0.25, 0.3) is 11.8 Å². The number of carbonyl (C=O) groups is 3. The van der Waals surface area contributed by atoms with E-state index in [0.717, 1.165) is 16.3 Å². The van der Waals surface area contributed by atoms with Crippen LogP contribution in [0.2, 0.25) is 0 Å². The standard InChI is InChI=1S/C26H29N3O3/c1-4-29(18-19-9-11-21(12-10-19)26(32)28(2)3)24(30)15-16-27-25(31)23-14-13-20-7-5-6-8-22(20)17-23/h5-14,17H,4,15-16,18H2,1-3H3,(H,27,31). The highest BCUT2D eigenvalue weighted by Gasteiger charge is 2.14. The lowest BCUT2D eigenvalue weighted by Gasteiger charge is -2.21. The highest BCUT2D eigenvalue weighted by Crippen LogP contribution is 2.15. The number of fused-ring (bicyclic) bond motifs is 1. The fourth-order valence-corrected chi connectivity index (χ4v) is 3.48. The summed E-state index contributed by atoms with van der Waals surface area (Å²) >= 11 is 0. The van der Waals surface area contributed by atoms with Gasteiger partial charge in [-0.3, -0.25) is 14.4 Å². The summed E-state index contributed by atoms with van der Waals surface area (Å²) in [6, 6.07) is 20.7. The monoisotopic (exact) mass is 431 g/mol. The summed E-state index contributed by atoms with van der Waals surface area (Å²) < 4.78 is 0. The molecule has 0 aliphatic carbocycles. The smallest absolute Gasteiger partial charge is 0.253 e. The van der Waals surface area contributed by atoms with Gasteiger partial charge in [0, 0.05) is 51.3 Å². The summed E-state index contributed by atoms with van der Waals surface area (Å²) in [6.45, 7) is 3.23. The Morgan fingerprint density at radius 3 is 2.16 bits per heavy atom. The molecule has 0 heterocycles. The summed E-state index contributed by atoms with van der Waals surface area (Å²) in [5, 5.41) is 4.93. The molecule has 0 saturated heterocycles. The van der Waals surface area contributed by atoms with Crippen molar-refractivity contribution in [2.45, 2.75) is 19.9 Å². The van der Waals surface area contributed by atoms with Crippen molar-refractivity contribution in [2.24, 2.45) is 0 Å². The highest BCUT2D eigenvalue weighted by atomic mass is 16.2. The molecule has 0 atom stereocenters. The number of rotatable bonds is 8. The van der Waals surface area contributed by atoms with Crippen LogP contribution in [0.15, 0.2) is 66.7 Å². The minimum atomic E-state index is -0.187. The molecule has 6 heteroatoms. The van der Waals surface area contributed by atoms with Gasteiger partial charge in [-0.2, -0.15) is 0 Å². The van der Waals surface area contributed by atoms with E-state index in [1.807, 2.05) is 55.5 Å². The second kappa shape index (κ2) is 10.6. The van der Waals surface area contributed by atoms with E-state index in [0.29, 0.717) is 24.2 Å². The van der Waals surface area contributed by atoms with Crippen LogP contribution in [0.3, 0.4) is 0 Å². The average molecular weight is 432 g/mol. The second-order valence-electron chi connectivity index (χ2n) is 7.87. The molecule has 3 rings (SSSR count). The Hall–Kier alpha value is -3.67. The van der Waals surface area contributed by atoms with Gasteiger partial charge in [-0.05, 0) is 47.5 Å². The van der Waals surface area contributed by atoms with Crippen LogP contribution in [0.25, 0.3) is 10.8 Å². The van der Waals surface area contributed by atoms with Crippen molar-refractivity contribution in [1.82, 2.24) is 15.1 Å². The molecule has 6 nitrogen and oxygen atoms in total. The molecule has 0 unspecified atom stereocenters. The Balaban J connectivity index is 1.52. The van der Waals surface area contributed by atoms with Gasteiger partial charge in [0.15, 0.2) is 0 Å². The number of nitrogens with one attached hydrogen (secondary N) is 1.